The number of nitrogens with zero attached hydrogens (tertiary/aromatic N) is 3. The third-order valence-electron chi connectivity index (χ3n) is 3.54. The first-order valence-corrected chi connectivity index (χ1v) is 8.98. The second-order valence-corrected chi connectivity index (χ2v) is 6.40. The molecule has 26 heavy (non-hydrogen) atoms. The van der Waals surface area contributed by atoms with E-state index in [-0.39, 0.29) is 11.6 Å². The van der Waals surface area contributed by atoms with Crippen LogP contribution in [0, 0.1) is 11.6 Å². The van der Waals surface area contributed by atoms with Crippen LogP contribution in [0.25, 0.3) is 11.4 Å². The molecule has 1 aromatic heterocycles. The van der Waals surface area contributed by atoms with E-state index in [4.69, 9.17) is 4.74 Å². The molecular formula is C19H17F2N3OS. The predicted molar refractivity (Wildman–Crippen MR) is 98.2 cm³/mol. The fourth-order valence-electron chi connectivity index (χ4n) is 2.35. The molecule has 0 unspecified atom stereocenters. The minimum atomic E-state index is -0.346. The van der Waals surface area contributed by atoms with E-state index in [0.29, 0.717) is 41.2 Å². The van der Waals surface area contributed by atoms with Crippen LogP contribution in [0.2, 0.25) is 0 Å². The zero-order valence-electron chi connectivity index (χ0n) is 13.9. The largest absolute Gasteiger partial charge is 0.493 e. The van der Waals surface area contributed by atoms with E-state index < -0.39 is 0 Å². The number of aromatic nitrogens is 3. The van der Waals surface area contributed by atoms with Crippen LogP contribution in [0.1, 0.15) is 0 Å². The fourth-order valence-corrected chi connectivity index (χ4v) is 3.12. The van der Waals surface area contributed by atoms with Gasteiger partial charge >= 0.3 is 0 Å². The smallest absolute Gasteiger partial charge is 0.191 e. The van der Waals surface area contributed by atoms with Crippen LogP contribution in [0.15, 0.2) is 66.3 Å². The number of benzene rings is 2. The van der Waals surface area contributed by atoms with Crippen LogP contribution in [0.4, 0.5) is 8.78 Å². The summed E-state index contributed by atoms with van der Waals surface area (Å²) in [5.74, 6) is 1.03. The summed E-state index contributed by atoms with van der Waals surface area (Å²) in [6.07, 6.45) is 1.72. The Morgan fingerprint density at radius 3 is 2.58 bits per heavy atom. The highest BCUT2D eigenvalue weighted by molar-refractivity contribution is 7.99. The van der Waals surface area contributed by atoms with E-state index in [2.05, 4.69) is 16.8 Å². The highest BCUT2D eigenvalue weighted by Gasteiger charge is 2.16. The highest BCUT2D eigenvalue weighted by atomic mass is 32.2. The zero-order chi connectivity index (χ0) is 18.4. The molecule has 0 N–H and O–H groups in total. The Morgan fingerprint density at radius 1 is 1.08 bits per heavy atom. The number of allylic oxidation sites excluding steroid dienone is 1. The lowest BCUT2D eigenvalue weighted by Gasteiger charge is -2.09. The molecule has 2 aromatic carbocycles. The highest BCUT2D eigenvalue weighted by Crippen LogP contribution is 2.26. The Bertz CT molecular complexity index is 881. The maximum absolute atomic E-state index is 14.1. The molecule has 0 aliphatic rings. The normalized spacial score (nSPS) is 10.7. The van der Waals surface area contributed by atoms with Crippen LogP contribution >= 0.6 is 11.8 Å². The van der Waals surface area contributed by atoms with Crippen molar-refractivity contribution in [3.63, 3.8) is 0 Å². The number of halogens is 2. The van der Waals surface area contributed by atoms with Gasteiger partial charge in [-0.15, -0.1) is 16.8 Å². The van der Waals surface area contributed by atoms with Crippen molar-refractivity contribution in [3.8, 4) is 17.1 Å². The topological polar surface area (TPSA) is 39.9 Å². The van der Waals surface area contributed by atoms with Gasteiger partial charge in [-0.25, -0.2) is 8.78 Å². The Labute approximate surface area is 154 Å². The molecule has 0 aliphatic heterocycles. The Morgan fingerprint density at radius 2 is 1.85 bits per heavy atom. The monoisotopic (exact) mass is 373 g/mol. The van der Waals surface area contributed by atoms with Crippen molar-refractivity contribution in [1.29, 1.82) is 0 Å². The zero-order valence-corrected chi connectivity index (χ0v) is 14.8. The van der Waals surface area contributed by atoms with Gasteiger partial charge in [0.2, 0.25) is 0 Å². The van der Waals surface area contributed by atoms with Gasteiger partial charge in [0.05, 0.1) is 12.2 Å². The first kappa shape index (κ1) is 18.1. The molecule has 0 spiro atoms. The van der Waals surface area contributed by atoms with Gasteiger partial charge < -0.3 is 4.74 Å². The molecular weight excluding hydrogens is 356 g/mol. The van der Waals surface area contributed by atoms with Gasteiger partial charge in [0.25, 0.3) is 0 Å². The van der Waals surface area contributed by atoms with Crippen molar-refractivity contribution in [1.82, 2.24) is 14.8 Å². The second kappa shape index (κ2) is 8.62. The minimum Gasteiger partial charge on any atom is -0.493 e. The summed E-state index contributed by atoms with van der Waals surface area (Å²) in [7, 11) is 0. The van der Waals surface area contributed by atoms with Gasteiger partial charge in [0.1, 0.15) is 17.4 Å². The average Bonchev–Trinajstić information content (AvgIpc) is 3.03. The molecule has 0 amide bonds. The molecule has 4 nitrogen and oxygen atoms in total. The molecule has 0 bridgehead atoms. The Kier molecular flexibility index (Phi) is 6.01. The number of rotatable bonds is 8. The summed E-state index contributed by atoms with van der Waals surface area (Å²) in [6, 6.07) is 12.3. The first-order valence-electron chi connectivity index (χ1n) is 7.99. The SMILES string of the molecule is C=CCn1c(SCCOc2ccc(F)cc2)nnc1-c1ccccc1F. The van der Waals surface area contributed by atoms with E-state index in [9.17, 15) is 8.78 Å². The summed E-state index contributed by atoms with van der Waals surface area (Å²) >= 11 is 1.45. The molecule has 3 rings (SSSR count). The van der Waals surface area contributed by atoms with Gasteiger partial charge in [-0.05, 0) is 36.4 Å². The maximum atomic E-state index is 14.1. The van der Waals surface area contributed by atoms with E-state index in [1.54, 1.807) is 36.4 Å². The fraction of sp³-hybridized carbons (Fsp3) is 0.158. The molecule has 0 saturated carbocycles. The lowest BCUT2D eigenvalue weighted by molar-refractivity contribution is 0.343. The van der Waals surface area contributed by atoms with Crippen LogP contribution in [0.3, 0.4) is 0 Å². The van der Waals surface area contributed by atoms with Crippen molar-refractivity contribution in [3.05, 3.63) is 72.8 Å². The van der Waals surface area contributed by atoms with Crippen LogP contribution in [0.5, 0.6) is 5.75 Å². The van der Waals surface area contributed by atoms with Crippen molar-refractivity contribution in [2.75, 3.05) is 12.4 Å². The Balaban J connectivity index is 1.67. The summed E-state index contributed by atoms with van der Waals surface area (Å²) in [4.78, 5) is 0. The summed E-state index contributed by atoms with van der Waals surface area (Å²) in [6.45, 7) is 4.64. The Hall–Kier alpha value is -2.67. The number of thioether (sulfide) groups is 1. The predicted octanol–water partition coefficient (Wildman–Crippen LogP) is 4.58. The van der Waals surface area contributed by atoms with Crippen molar-refractivity contribution in [2.24, 2.45) is 0 Å². The summed E-state index contributed by atoms with van der Waals surface area (Å²) < 4.78 is 34.3. The number of ether oxygens (including phenoxy) is 1. The van der Waals surface area contributed by atoms with E-state index >= 15 is 0 Å². The maximum Gasteiger partial charge on any atom is 0.191 e. The van der Waals surface area contributed by atoms with Crippen molar-refractivity contribution < 1.29 is 13.5 Å². The quantitative estimate of drug-likeness (QED) is 0.329. The van der Waals surface area contributed by atoms with E-state index in [0.717, 1.165) is 0 Å². The molecule has 0 atom stereocenters. The molecule has 134 valence electrons. The van der Waals surface area contributed by atoms with Gasteiger partial charge in [-0.2, -0.15) is 0 Å². The lowest BCUT2D eigenvalue weighted by Crippen LogP contribution is -2.04. The first-order chi connectivity index (χ1) is 12.7. The van der Waals surface area contributed by atoms with Gasteiger partial charge in [-0.1, -0.05) is 30.0 Å². The van der Waals surface area contributed by atoms with Crippen LogP contribution < -0.4 is 4.74 Å². The van der Waals surface area contributed by atoms with Gasteiger partial charge in [-0.3, -0.25) is 4.57 Å². The minimum absolute atomic E-state index is 0.301. The average molecular weight is 373 g/mol. The second-order valence-electron chi connectivity index (χ2n) is 5.34. The molecule has 0 saturated heterocycles. The van der Waals surface area contributed by atoms with Crippen LogP contribution in [-0.4, -0.2) is 27.1 Å². The standard InChI is InChI=1S/C19H17F2N3OS/c1-2-11-24-18(16-5-3-4-6-17(16)21)22-23-19(24)26-13-12-25-15-9-7-14(20)8-10-15/h2-10H,1,11-13H2. The summed E-state index contributed by atoms with van der Waals surface area (Å²) in [5, 5.41) is 8.96. The number of hydrogen-bond acceptors (Lipinski definition) is 4. The van der Waals surface area contributed by atoms with E-state index in [1.165, 1.54) is 30.0 Å². The summed E-state index contributed by atoms with van der Waals surface area (Å²) in [5.41, 5.74) is 0.399. The molecule has 0 radical (unpaired) electrons. The molecule has 0 fully saturated rings. The third kappa shape index (κ3) is 4.29. The third-order valence-corrected chi connectivity index (χ3v) is 4.47. The van der Waals surface area contributed by atoms with Gasteiger partial charge in [0, 0.05) is 12.3 Å². The molecule has 7 heteroatoms. The van der Waals surface area contributed by atoms with Crippen molar-refractivity contribution in [2.45, 2.75) is 11.7 Å². The molecule has 1 heterocycles. The molecule has 3 aromatic rings. The van der Waals surface area contributed by atoms with Crippen molar-refractivity contribution >= 4 is 11.8 Å². The van der Waals surface area contributed by atoms with Crippen LogP contribution in [-0.2, 0) is 6.54 Å². The van der Waals surface area contributed by atoms with E-state index in [1.807, 2.05) is 4.57 Å². The molecule has 0 aliphatic carbocycles. The van der Waals surface area contributed by atoms with Gasteiger partial charge in [0.15, 0.2) is 11.0 Å². The lowest BCUT2D eigenvalue weighted by atomic mass is 10.2. The number of hydrogen-bond donors (Lipinski definition) is 0.